The van der Waals surface area contributed by atoms with Crippen molar-refractivity contribution in [1.29, 1.82) is 0 Å². The summed E-state index contributed by atoms with van der Waals surface area (Å²) in [6, 6.07) is 16.3. The molecule has 0 radical (unpaired) electrons. The first-order valence-corrected chi connectivity index (χ1v) is 13.9. The Balaban J connectivity index is 1.49. The van der Waals surface area contributed by atoms with E-state index in [9.17, 15) is 14.4 Å². The highest BCUT2D eigenvalue weighted by Crippen LogP contribution is 2.28. The lowest BCUT2D eigenvalue weighted by molar-refractivity contribution is -0.203. The maximum atomic E-state index is 13.7. The summed E-state index contributed by atoms with van der Waals surface area (Å²) in [5, 5.41) is 4.33. The third-order valence-electron chi connectivity index (χ3n) is 7.44. The Kier molecular flexibility index (Phi) is 9.48. The Morgan fingerprint density at radius 1 is 1.05 bits per heavy atom. The molecule has 0 bridgehead atoms. The fourth-order valence-corrected chi connectivity index (χ4v) is 5.39. The van der Waals surface area contributed by atoms with Gasteiger partial charge in [-0.1, -0.05) is 61.5 Å². The van der Waals surface area contributed by atoms with Crippen LogP contribution in [0.25, 0.3) is 0 Å². The Morgan fingerprint density at radius 3 is 2.40 bits per heavy atom. The zero-order chi connectivity index (χ0) is 28.9. The first kappa shape index (κ1) is 29.6. The van der Waals surface area contributed by atoms with Crippen molar-refractivity contribution in [3.8, 4) is 0 Å². The van der Waals surface area contributed by atoms with Crippen molar-refractivity contribution in [3.05, 3.63) is 71.3 Å². The highest BCUT2D eigenvalue weighted by Gasteiger charge is 2.42. The van der Waals surface area contributed by atoms with E-state index in [-0.39, 0.29) is 24.5 Å². The molecule has 2 aliphatic rings. The van der Waals surface area contributed by atoms with E-state index in [1.807, 2.05) is 75.4 Å². The summed E-state index contributed by atoms with van der Waals surface area (Å²) in [7, 11) is 1.55. The number of amides is 3. The van der Waals surface area contributed by atoms with E-state index in [1.165, 1.54) is 5.06 Å². The summed E-state index contributed by atoms with van der Waals surface area (Å²) >= 11 is 0. The zero-order valence-electron chi connectivity index (χ0n) is 24.1. The predicted octanol–water partition coefficient (Wildman–Crippen LogP) is 4.24. The van der Waals surface area contributed by atoms with Crippen molar-refractivity contribution >= 4 is 17.9 Å². The Morgan fingerprint density at radius 2 is 1.73 bits per heavy atom. The Labute approximate surface area is 236 Å². The highest BCUT2D eigenvalue weighted by molar-refractivity contribution is 5.88. The molecule has 2 aromatic rings. The molecule has 2 aromatic carbocycles. The van der Waals surface area contributed by atoms with Crippen LogP contribution >= 0.6 is 0 Å². The van der Waals surface area contributed by atoms with Gasteiger partial charge in [-0.2, -0.15) is 0 Å². The molecule has 9 heteroatoms. The average Bonchev–Trinajstić information content (AvgIpc) is 3.42. The molecule has 2 aliphatic heterocycles. The number of fused-ring (bicyclic) bond motifs is 1. The zero-order valence-corrected chi connectivity index (χ0v) is 24.1. The fourth-order valence-electron chi connectivity index (χ4n) is 5.39. The Bertz CT molecular complexity index is 1180. The van der Waals surface area contributed by atoms with Gasteiger partial charge >= 0.3 is 6.09 Å². The van der Waals surface area contributed by atoms with Crippen molar-refractivity contribution < 1.29 is 28.7 Å². The van der Waals surface area contributed by atoms with Crippen molar-refractivity contribution in [2.24, 2.45) is 5.92 Å². The van der Waals surface area contributed by atoms with Gasteiger partial charge in [-0.15, -0.1) is 0 Å². The lowest BCUT2D eigenvalue weighted by Gasteiger charge is -2.35. The maximum absolute atomic E-state index is 13.7. The molecule has 216 valence electrons. The van der Waals surface area contributed by atoms with E-state index in [0.29, 0.717) is 25.9 Å². The first-order chi connectivity index (χ1) is 19.1. The summed E-state index contributed by atoms with van der Waals surface area (Å²) in [6.45, 7) is 8.39. The van der Waals surface area contributed by atoms with Gasteiger partial charge in [0.2, 0.25) is 5.91 Å². The van der Waals surface area contributed by atoms with Crippen LogP contribution in [0.15, 0.2) is 54.6 Å². The second kappa shape index (κ2) is 12.8. The summed E-state index contributed by atoms with van der Waals surface area (Å²) < 4.78 is 11.4. The second-order valence-electron chi connectivity index (χ2n) is 11.5. The van der Waals surface area contributed by atoms with E-state index >= 15 is 0 Å². The number of ether oxygens (including phenoxy) is 2. The van der Waals surface area contributed by atoms with Crippen LogP contribution in [0.2, 0.25) is 0 Å². The molecule has 0 aromatic heterocycles. The molecule has 1 N–H and O–H groups in total. The lowest BCUT2D eigenvalue weighted by Crippen LogP contribution is -2.55. The van der Waals surface area contributed by atoms with Gasteiger partial charge in [-0.25, -0.2) is 9.86 Å². The van der Waals surface area contributed by atoms with Gasteiger partial charge in [0.05, 0.1) is 24.6 Å². The second-order valence-corrected chi connectivity index (χ2v) is 11.5. The van der Waals surface area contributed by atoms with Gasteiger partial charge in [0.1, 0.15) is 18.2 Å². The molecule has 0 saturated carbocycles. The quantitative estimate of drug-likeness (QED) is 0.527. The van der Waals surface area contributed by atoms with Crippen molar-refractivity contribution in [2.45, 2.75) is 83.9 Å². The van der Waals surface area contributed by atoms with E-state index < -0.39 is 29.8 Å². The van der Waals surface area contributed by atoms with Crippen molar-refractivity contribution in [3.63, 3.8) is 0 Å². The van der Waals surface area contributed by atoms with Crippen LogP contribution in [0, 0.1) is 5.92 Å². The minimum absolute atomic E-state index is 0.290. The number of methoxy groups -OCH3 is 1. The summed E-state index contributed by atoms with van der Waals surface area (Å²) in [5.41, 5.74) is 2.35. The Hall–Kier alpha value is -3.43. The van der Waals surface area contributed by atoms with Crippen molar-refractivity contribution in [1.82, 2.24) is 15.3 Å². The minimum atomic E-state index is -0.842. The van der Waals surface area contributed by atoms with Crippen LogP contribution in [-0.4, -0.2) is 65.3 Å². The molecule has 0 aliphatic carbocycles. The number of hydroxylamine groups is 2. The molecule has 2 heterocycles. The summed E-state index contributed by atoms with van der Waals surface area (Å²) in [4.78, 5) is 47.7. The summed E-state index contributed by atoms with van der Waals surface area (Å²) in [5.74, 6) is -1.27. The largest absolute Gasteiger partial charge is 0.444 e. The molecular formula is C31H41N3O6. The van der Waals surface area contributed by atoms with Gasteiger partial charge in [-0.05, 0) is 50.3 Å². The third kappa shape index (κ3) is 7.20. The lowest BCUT2D eigenvalue weighted by atomic mass is 9.94. The van der Waals surface area contributed by atoms with Gasteiger partial charge in [0.15, 0.2) is 0 Å². The van der Waals surface area contributed by atoms with Crippen LogP contribution in [0.3, 0.4) is 0 Å². The summed E-state index contributed by atoms with van der Waals surface area (Å²) in [6.07, 6.45) is 0.819. The number of nitrogens with zero attached hydrogens (tertiary/aromatic N) is 2. The third-order valence-corrected chi connectivity index (χ3v) is 7.44. The van der Waals surface area contributed by atoms with Crippen LogP contribution in [0.5, 0.6) is 0 Å². The van der Waals surface area contributed by atoms with E-state index in [4.69, 9.17) is 14.3 Å². The monoisotopic (exact) mass is 551 g/mol. The topological polar surface area (TPSA) is 97.4 Å². The highest BCUT2D eigenvalue weighted by atomic mass is 16.7. The van der Waals surface area contributed by atoms with Crippen molar-refractivity contribution in [2.75, 3.05) is 13.7 Å². The molecule has 1 saturated heterocycles. The molecule has 0 unspecified atom stereocenters. The number of likely N-dealkylation sites (tertiary alicyclic amines) is 1. The van der Waals surface area contributed by atoms with Gasteiger partial charge in [-0.3, -0.25) is 14.4 Å². The fraction of sp³-hybridized carbons (Fsp3) is 0.516. The molecule has 3 amide bonds. The number of hydrogen-bond acceptors (Lipinski definition) is 6. The van der Waals surface area contributed by atoms with E-state index in [2.05, 4.69) is 5.32 Å². The smallest absolute Gasteiger partial charge is 0.410 e. The van der Waals surface area contributed by atoms with Gasteiger partial charge in [0, 0.05) is 20.1 Å². The minimum Gasteiger partial charge on any atom is -0.444 e. The number of nitrogens with one attached hydrogen (secondary N) is 1. The van der Waals surface area contributed by atoms with Gasteiger partial charge < -0.3 is 19.7 Å². The number of carbonyl (C=O) groups excluding carboxylic acids is 3. The molecule has 40 heavy (non-hydrogen) atoms. The molecular weight excluding hydrogens is 510 g/mol. The molecule has 4 rings (SSSR count). The van der Waals surface area contributed by atoms with Crippen LogP contribution < -0.4 is 5.32 Å². The average molecular weight is 552 g/mol. The molecule has 1 fully saturated rings. The maximum Gasteiger partial charge on any atom is 0.410 e. The molecule has 0 spiro atoms. The van der Waals surface area contributed by atoms with Crippen LogP contribution in [0.4, 0.5) is 4.79 Å². The number of rotatable bonds is 8. The molecule has 9 nitrogen and oxygen atoms in total. The number of hydrogen-bond donors (Lipinski definition) is 1. The predicted molar refractivity (Wildman–Crippen MR) is 150 cm³/mol. The molecule has 4 atom stereocenters. The number of benzene rings is 2. The number of carbonyl (C=O) groups is 3. The first-order valence-electron chi connectivity index (χ1n) is 13.9. The van der Waals surface area contributed by atoms with Crippen LogP contribution in [-0.2, 0) is 43.5 Å². The standard InChI is InChI=1S/C31H41N3O6/c1-21(27(38-5)26-16-11-17-33(26)30(37)40-31(2,3)4)28(35)32-25(18-22-12-7-6-8-13-22)29(36)34-19-23-14-9-10-15-24(23)20-39-34/h6-10,12-15,21,25-27H,11,16-20H2,1-5H3,(H,32,35)/t21-,25+,26+,27-/m1/s1. The SMILES string of the molecule is CO[C@H]([C@@H](C)C(=O)N[C@@H](Cc1ccccc1)C(=O)N1Cc2ccccc2CO1)[C@@H]1CCCN1C(=O)OC(C)(C)C. The van der Waals surface area contributed by atoms with Crippen LogP contribution in [0.1, 0.15) is 57.2 Å². The van der Waals surface area contributed by atoms with Gasteiger partial charge in [0.25, 0.3) is 5.91 Å². The van der Waals surface area contributed by atoms with E-state index in [1.54, 1.807) is 18.9 Å². The normalized spacial score (nSPS) is 19.4. The van der Waals surface area contributed by atoms with E-state index in [0.717, 1.165) is 23.1 Å².